The van der Waals surface area contributed by atoms with Crippen molar-refractivity contribution in [1.29, 1.82) is 0 Å². The van der Waals surface area contributed by atoms with Crippen LogP contribution in [0, 0.1) is 0 Å². The molecule has 0 unspecified atom stereocenters. The maximum Gasteiger partial charge on any atom is 1.00 e. The van der Waals surface area contributed by atoms with Crippen LogP contribution < -0.4 is 51.4 Å². The predicted octanol–water partition coefficient (Wildman–Crippen LogP) is 16.5. The molecule has 0 radical (unpaired) electrons. The summed E-state index contributed by atoms with van der Waals surface area (Å²) in [5, 5.41) is 0. The molecule has 3 nitrogen and oxygen atoms in total. The van der Waals surface area contributed by atoms with Crippen molar-refractivity contribution in [2.75, 3.05) is 0 Å². The Morgan fingerprint density at radius 3 is 0.733 bits per heavy atom. The van der Waals surface area contributed by atoms with Crippen LogP contribution in [-0.4, -0.2) is 13.0 Å². The quantitative estimate of drug-likeness (QED) is 0.0372. The molecular formula is C55H103KO3S. The summed E-state index contributed by atoms with van der Waals surface area (Å²) in [6.45, 7) is 2.31. The van der Waals surface area contributed by atoms with E-state index < -0.39 is 10.1 Å². The molecule has 0 spiro atoms. The number of unbranched alkanes of at least 4 members (excludes halogenated alkanes) is 46. The van der Waals surface area contributed by atoms with Gasteiger partial charge >= 0.3 is 51.4 Å². The van der Waals surface area contributed by atoms with Crippen LogP contribution in [0.25, 0.3) is 0 Å². The van der Waals surface area contributed by atoms with E-state index in [9.17, 15) is 13.0 Å². The van der Waals surface area contributed by atoms with Crippen LogP contribution in [0.15, 0.2) is 29.2 Å². The van der Waals surface area contributed by atoms with Gasteiger partial charge in [-0.1, -0.05) is 314 Å². The third-order valence-electron chi connectivity index (χ3n) is 13.3. The topological polar surface area (TPSA) is 57.2 Å². The standard InChI is InChI=1S/C55H104O3S.K/c1-2-3-4-5-6-7-8-9-10-11-12-13-14-15-16-17-18-19-20-21-22-23-24-25-26-27-28-29-30-31-32-33-34-35-36-37-38-39-40-41-42-43-44-45-46-47-48-50-54-51-49-52-55(53-54)59(56,57)58;/h49,51-53H,2-48,50H2,1H3,(H,56,57,58);/q;+1/p-1. The van der Waals surface area contributed by atoms with Crippen molar-refractivity contribution in [2.45, 2.75) is 320 Å². The number of benzene rings is 1. The summed E-state index contributed by atoms with van der Waals surface area (Å²) in [6, 6.07) is 6.52. The van der Waals surface area contributed by atoms with Gasteiger partial charge in [-0.2, -0.15) is 0 Å². The minimum atomic E-state index is -4.35. The molecule has 1 rings (SSSR count). The molecule has 0 aromatic heterocycles. The number of hydrogen-bond acceptors (Lipinski definition) is 3. The van der Waals surface area contributed by atoms with E-state index in [4.69, 9.17) is 0 Å². The Bertz CT molecular complexity index is 1080. The zero-order valence-corrected chi connectivity index (χ0v) is 44.8. The first-order chi connectivity index (χ1) is 29.0. The molecule has 0 heterocycles. The molecule has 60 heavy (non-hydrogen) atoms. The van der Waals surface area contributed by atoms with E-state index in [1.54, 1.807) is 6.07 Å². The van der Waals surface area contributed by atoms with Gasteiger partial charge in [-0.05, 0) is 30.5 Å². The Morgan fingerprint density at radius 2 is 0.533 bits per heavy atom. The maximum atomic E-state index is 11.2. The molecule has 1 aromatic carbocycles. The van der Waals surface area contributed by atoms with Crippen molar-refractivity contribution < 1.29 is 64.4 Å². The largest absolute Gasteiger partial charge is 1.00 e. The van der Waals surface area contributed by atoms with Gasteiger partial charge in [0.1, 0.15) is 10.1 Å². The van der Waals surface area contributed by atoms with Gasteiger partial charge in [0.2, 0.25) is 0 Å². The predicted molar refractivity (Wildman–Crippen MR) is 261 cm³/mol. The van der Waals surface area contributed by atoms with E-state index in [0.717, 1.165) is 18.4 Å². The van der Waals surface area contributed by atoms with Crippen molar-refractivity contribution in [3.63, 3.8) is 0 Å². The third-order valence-corrected chi connectivity index (χ3v) is 14.1. The normalized spacial score (nSPS) is 11.7. The Balaban J connectivity index is 0.0000348. The zero-order chi connectivity index (χ0) is 42.4. The van der Waals surface area contributed by atoms with E-state index in [2.05, 4.69) is 6.92 Å². The monoisotopic (exact) mass is 883 g/mol. The second-order valence-corrected chi connectivity index (χ2v) is 20.5. The molecule has 0 N–H and O–H groups in total. The van der Waals surface area contributed by atoms with Crippen LogP contribution in [0.5, 0.6) is 0 Å². The van der Waals surface area contributed by atoms with Crippen molar-refractivity contribution in [2.24, 2.45) is 0 Å². The molecular weight excluding hydrogens is 780 g/mol. The summed E-state index contributed by atoms with van der Waals surface area (Å²) in [6.07, 6.45) is 68.4. The fraction of sp³-hybridized carbons (Fsp3) is 0.891. The van der Waals surface area contributed by atoms with Gasteiger partial charge in [0, 0.05) is 0 Å². The van der Waals surface area contributed by atoms with Gasteiger partial charge in [-0.15, -0.1) is 0 Å². The third kappa shape index (κ3) is 45.3. The van der Waals surface area contributed by atoms with Gasteiger partial charge < -0.3 is 4.55 Å². The Hall–Kier alpha value is 0.766. The van der Waals surface area contributed by atoms with Crippen molar-refractivity contribution in [3.8, 4) is 0 Å². The maximum absolute atomic E-state index is 11.2. The van der Waals surface area contributed by atoms with Crippen LogP contribution in [0.1, 0.15) is 314 Å². The molecule has 0 saturated carbocycles. The van der Waals surface area contributed by atoms with Gasteiger partial charge in [-0.25, -0.2) is 8.42 Å². The molecule has 0 atom stereocenters. The summed E-state index contributed by atoms with van der Waals surface area (Å²) >= 11 is 0. The Kier molecular flexibility index (Phi) is 49.8. The SMILES string of the molecule is CCCCCCCCCCCCCCCCCCCCCCCCCCCCCCCCCCCCCCCCCCCCCCCCCc1cccc(S(=O)(=O)[O-])c1.[K+]. The first-order valence-corrected chi connectivity index (χ1v) is 28.5. The first-order valence-electron chi connectivity index (χ1n) is 27.1. The van der Waals surface area contributed by atoms with Crippen molar-refractivity contribution in [1.82, 2.24) is 0 Å². The van der Waals surface area contributed by atoms with E-state index >= 15 is 0 Å². The average molecular weight is 884 g/mol. The second kappa shape index (κ2) is 49.2. The molecule has 348 valence electrons. The zero-order valence-electron chi connectivity index (χ0n) is 40.9. The number of aryl methyl sites for hydroxylation is 1. The molecule has 1 aromatic rings. The minimum Gasteiger partial charge on any atom is -0.744 e. The van der Waals surface area contributed by atoms with Gasteiger partial charge in [-0.3, -0.25) is 0 Å². The summed E-state index contributed by atoms with van der Waals surface area (Å²) in [5.41, 5.74) is 0.953. The van der Waals surface area contributed by atoms with Gasteiger partial charge in [0.15, 0.2) is 0 Å². The summed E-state index contributed by atoms with van der Waals surface area (Å²) in [4.78, 5) is -0.104. The van der Waals surface area contributed by atoms with E-state index in [1.165, 1.54) is 307 Å². The van der Waals surface area contributed by atoms with Crippen LogP contribution in [0.3, 0.4) is 0 Å². The van der Waals surface area contributed by atoms with E-state index in [0.29, 0.717) is 0 Å². The van der Waals surface area contributed by atoms with Crippen LogP contribution in [-0.2, 0) is 16.5 Å². The van der Waals surface area contributed by atoms with Crippen molar-refractivity contribution >= 4 is 10.1 Å². The average Bonchev–Trinajstić information content (AvgIpc) is 3.23. The molecule has 0 saturated heterocycles. The molecule has 0 bridgehead atoms. The second-order valence-electron chi connectivity index (χ2n) is 19.1. The number of hydrogen-bond donors (Lipinski definition) is 0. The molecule has 0 aliphatic carbocycles. The summed E-state index contributed by atoms with van der Waals surface area (Å²) < 4.78 is 33.6. The molecule has 0 aliphatic rings. The van der Waals surface area contributed by atoms with E-state index in [-0.39, 0.29) is 56.3 Å². The smallest absolute Gasteiger partial charge is 0.744 e. The summed E-state index contributed by atoms with van der Waals surface area (Å²) in [7, 11) is -4.35. The van der Waals surface area contributed by atoms with Crippen molar-refractivity contribution in [3.05, 3.63) is 29.8 Å². The molecule has 0 aliphatic heterocycles. The molecule has 0 fully saturated rings. The Morgan fingerprint density at radius 1 is 0.333 bits per heavy atom. The fourth-order valence-corrected chi connectivity index (χ4v) is 9.75. The van der Waals surface area contributed by atoms with Crippen LogP contribution in [0.4, 0.5) is 0 Å². The van der Waals surface area contributed by atoms with Crippen LogP contribution >= 0.6 is 0 Å². The first kappa shape index (κ1) is 60.8. The van der Waals surface area contributed by atoms with Crippen LogP contribution in [0.2, 0.25) is 0 Å². The van der Waals surface area contributed by atoms with E-state index in [1.807, 2.05) is 6.07 Å². The number of rotatable bonds is 49. The van der Waals surface area contributed by atoms with Gasteiger partial charge in [0.25, 0.3) is 0 Å². The molecule has 0 amide bonds. The Labute approximate surface area is 420 Å². The van der Waals surface area contributed by atoms with Gasteiger partial charge in [0.05, 0.1) is 4.90 Å². The minimum absolute atomic E-state index is 0. The summed E-state index contributed by atoms with van der Waals surface area (Å²) in [5.74, 6) is 0. The fourth-order valence-electron chi connectivity index (χ4n) is 9.21. The molecule has 5 heteroatoms.